The van der Waals surface area contributed by atoms with E-state index in [0.717, 1.165) is 31.3 Å². The molecule has 0 radical (unpaired) electrons. The van der Waals surface area contributed by atoms with Gasteiger partial charge >= 0.3 is 0 Å². The normalized spacial score (nSPS) is 12.9. The van der Waals surface area contributed by atoms with Crippen molar-refractivity contribution in [3.8, 4) is 5.75 Å². The van der Waals surface area contributed by atoms with Gasteiger partial charge in [0.15, 0.2) is 0 Å². The van der Waals surface area contributed by atoms with Gasteiger partial charge in [-0.3, -0.25) is 0 Å². The number of likely N-dealkylation sites (N-methyl/N-ethyl adjacent to an activating group) is 2. The smallest absolute Gasteiger partial charge is 0.119 e. The van der Waals surface area contributed by atoms with Gasteiger partial charge in [0, 0.05) is 12.6 Å². The summed E-state index contributed by atoms with van der Waals surface area (Å²) >= 11 is 0. The number of methoxy groups -OCH3 is 1. The molecular weight excluding hydrogens is 248 g/mol. The van der Waals surface area contributed by atoms with Crippen LogP contribution in [-0.2, 0) is 0 Å². The Labute approximate surface area is 124 Å². The van der Waals surface area contributed by atoms with Gasteiger partial charge in [-0.25, -0.2) is 0 Å². The van der Waals surface area contributed by atoms with E-state index in [1.807, 2.05) is 6.07 Å². The average Bonchev–Trinajstić information content (AvgIpc) is 2.44. The Kier molecular flexibility index (Phi) is 7.63. The molecule has 20 heavy (non-hydrogen) atoms. The second-order valence-corrected chi connectivity index (χ2v) is 5.83. The molecule has 0 bridgehead atoms. The largest absolute Gasteiger partial charge is 0.497 e. The van der Waals surface area contributed by atoms with Gasteiger partial charge in [0.1, 0.15) is 5.75 Å². The van der Waals surface area contributed by atoms with E-state index in [2.05, 4.69) is 56.2 Å². The molecule has 1 atom stereocenters. The van der Waals surface area contributed by atoms with Crippen LogP contribution in [0.4, 0.5) is 0 Å². The molecule has 0 saturated carbocycles. The summed E-state index contributed by atoms with van der Waals surface area (Å²) < 4.78 is 5.33. The maximum Gasteiger partial charge on any atom is 0.119 e. The number of benzene rings is 1. The maximum atomic E-state index is 5.33. The number of hydrogen-bond acceptors (Lipinski definition) is 3. The Morgan fingerprint density at radius 3 is 2.65 bits per heavy atom. The number of nitrogens with zero attached hydrogens (tertiary/aromatic N) is 1. The number of rotatable bonds is 9. The zero-order valence-corrected chi connectivity index (χ0v) is 13.6. The summed E-state index contributed by atoms with van der Waals surface area (Å²) in [5, 5.41) is 3.57. The monoisotopic (exact) mass is 278 g/mol. The lowest BCUT2D eigenvalue weighted by atomic mass is 10.1. The van der Waals surface area contributed by atoms with Crippen LogP contribution in [0.15, 0.2) is 24.3 Å². The van der Waals surface area contributed by atoms with E-state index in [1.165, 1.54) is 12.0 Å². The van der Waals surface area contributed by atoms with Crippen LogP contribution in [0.3, 0.4) is 0 Å². The molecule has 0 fully saturated rings. The fourth-order valence-electron chi connectivity index (χ4n) is 2.27. The van der Waals surface area contributed by atoms with Gasteiger partial charge in [-0.2, -0.15) is 0 Å². The van der Waals surface area contributed by atoms with Gasteiger partial charge in [0.05, 0.1) is 7.11 Å². The first-order valence-corrected chi connectivity index (χ1v) is 7.62. The second-order valence-electron chi connectivity index (χ2n) is 5.83. The third-order valence-electron chi connectivity index (χ3n) is 3.53. The SMILES string of the molecule is CCNC(CN(C)CCC(C)C)c1cccc(OC)c1. The summed E-state index contributed by atoms with van der Waals surface area (Å²) in [5.74, 6) is 1.68. The van der Waals surface area contributed by atoms with E-state index in [0.29, 0.717) is 6.04 Å². The average molecular weight is 278 g/mol. The van der Waals surface area contributed by atoms with Crippen molar-refractivity contribution in [3.05, 3.63) is 29.8 Å². The van der Waals surface area contributed by atoms with Crippen molar-refractivity contribution in [1.82, 2.24) is 10.2 Å². The van der Waals surface area contributed by atoms with Gasteiger partial charge < -0.3 is 15.0 Å². The molecule has 0 aliphatic rings. The summed E-state index contributed by atoms with van der Waals surface area (Å²) in [6.07, 6.45) is 1.24. The molecular formula is C17H30N2O. The number of hydrogen-bond donors (Lipinski definition) is 1. The molecule has 0 aliphatic carbocycles. The Balaban J connectivity index is 2.67. The Morgan fingerprint density at radius 1 is 1.30 bits per heavy atom. The molecule has 0 spiro atoms. The minimum atomic E-state index is 0.354. The van der Waals surface area contributed by atoms with Crippen molar-refractivity contribution in [2.24, 2.45) is 5.92 Å². The minimum Gasteiger partial charge on any atom is -0.497 e. The first-order chi connectivity index (χ1) is 9.56. The van der Waals surface area contributed by atoms with E-state index < -0.39 is 0 Å². The topological polar surface area (TPSA) is 24.5 Å². The lowest BCUT2D eigenvalue weighted by molar-refractivity contribution is 0.275. The minimum absolute atomic E-state index is 0.354. The van der Waals surface area contributed by atoms with Gasteiger partial charge in [0.25, 0.3) is 0 Å². The third kappa shape index (κ3) is 5.93. The Hall–Kier alpha value is -1.06. The van der Waals surface area contributed by atoms with Crippen LogP contribution in [-0.4, -0.2) is 38.7 Å². The fourth-order valence-corrected chi connectivity index (χ4v) is 2.27. The van der Waals surface area contributed by atoms with Crippen LogP contribution >= 0.6 is 0 Å². The molecule has 114 valence electrons. The zero-order valence-electron chi connectivity index (χ0n) is 13.6. The number of ether oxygens (including phenoxy) is 1. The van der Waals surface area contributed by atoms with Crippen LogP contribution in [0.5, 0.6) is 5.75 Å². The molecule has 1 aromatic carbocycles. The van der Waals surface area contributed by atoms with Gasteiger partial charge in [-0.1, -0.05) is 32.9 Å². The molecule has 0 amide bonds. The Morgan fingerprint density at radius 2 is 2.05 bits per heavy atom. The van der Waals surface area contributed by atoms with E-state index in [9.17, 15) is 0 Å². The maximum absolute atomic E-state index is 5.33. The molecule has 1 rings (SSSR count). The van der Waals surface area contributed by atoms with Gasteiger partial charge in [-0.15, -0.1) is 0 Å². The molecule has 1 aromatic rings. The first kappa shape index (κ1) is 17.0. The third-order valence-corrected chi connectivity index (χ3v) is 3.53. The van der Waals surface area contributed by atoms with Crippen molar-refractivity contribution in [2.75, 3.05) is 33.8 Å². The summed E-state index contributed by atoms with van der Waals surface area (Å²) in [5.41, 5.74) is 1.29. The van der Waals surface area contributed by atoms with Crippen molar-refractivity contribution >= 4 is 0 Å². The van der Waals surface area contributed by atoms with Crippen LogP contribution in [0.25, 0.3) is 0 Å². The summed E-state index contributed by atoms with van der Waals surface area (Å²) in [4.78, 5) is 2.41. The second kappa shape index (κ2) is 8.98. The lowest BCUT2D eigenvalue weighted by Gasteiger charge is -2.26. The first-order valence-electron chi connectivity index (χ1n) is 7.62. The molecule has 0 aromatic heterocycles. The van der Waals surface area contributed by atoms with E-state index in [1.54, 1.807) is 7.11 Å². The van der Waals surface area contributed by atoms with Crippen LogP contribution < -0.4 is 10.1 Å². The Bertz CT molecular complexity index is 379. The fraction of sp³-hybridized carbons (Fsp3) is 0.647. The lowest BCUT2D eigenvalue weighted by Crippen LogP contribution is -2.33. The van der Waals surface area contributed by atoms with Crippen LogP contribution in [0.2, 0.25) is 0 Å². The highest BCUT2D eigenvalue weighted by Gasteiger charge is 2.13. The molecule has 0 saturated heterocycles. The standard InChI is InChI=1S/C17H30N2O/c1-6-18-17(13-19(4)11-10-14(2)3)15-8-7-9-16(12-15)20-5/h7-9,12,14,17-18H,6,10-11,13H2,1-5H3. The molecule has 3 nitrogen and oxygen atoms in total. The highest BCUT2D eigenvalue weighted by atomic mass is 16.5. The molecule has 0 heterocycles. The summed E-state index contributed by atoms with van der Waals surface area (Å²) in [6, 6.07) is 8.71. The highest BCUT2D eigenvalue weighted by Crippen LogP contribution is 2.20. The molecule has 0 aliphatic heterocycles. The highest BCUT2D eigenvalue weighted by molar-refractivity contribution is 5.30. The van der Waals surface area contributed by atoms with E-state index >= 15 is 0 Å². The molecule has 1 unspecified atom stereocenters. The predicted octanol–water partition coefficient (Wildman–Crippen LogP) is 3.32. The molecule has 3 heteroatoms. The van der Waals surface area contributed by atoms with Crippen LogP contribution in [0.1, 0.15) is 38.8 Å². The van der Waals surface area contributed by atoms with Gasteiger partial charge in [-0.05, 0) is 50.2 Å². The summed E-state index contributed by atoms with van der Waals surface area (Å²) in [7, 11) is 3.92. The van der Waals surface area contributed by atoms with Crippen molar-refractivity contribution < 1.29 is 4.74 Å². The molecule has 1 N–H and O–H groups in total. The van der Waals surface area contributed by atoms with Gasteiger partial charge in [0.2, 0.25) is 0 Å². The van der Waals surface area contributed by atoms with E-state index in [4.69, 9.17) is 4.74 Å². The van der Waals surface area contributed by atoms with Crippen molar-refractivity contribution in [3.63, 3.8) is 0 Å². The quantitative estimate of drug-likeness (QED) is 0.750. The summed E-state index contributed by atoms with van der Waals surface area (Å²) in [6.45, 7) is 9.84. The predicted molar refractivity (Wildman–Crippen MR) is 86.4 cm³/mol. The van der Waals surface area contributed by atoms with Crippen molar-refractivity contribution in [2.45, 2.75) is 33.2 Å². The zero-order chi connectivity index (χ0) is 15.0. The van der Waals surface area contributed by atoms with E-state index in [-0.39, 0.29) is 0 Å². The van der Waals surface area contributed by atoms with Crippen LogP contribution in [0, 0.1) is 5.92 Å². The number of nitrogens with one attached hydrogen (secondary N) is 1. The van der Waals surface area contributed by atoms with Crippen molar-refractivity contribution in [1.29, 1.82) is 0 Å².